The quantitative estimate of drug-likeness (QED) is 0.883. The molecule has 2 aromatic rings. The molecule has 1 fully saturated rings. The van der Waals surface area contributed by atoms with Crippen molar-refractivity contribution in [2.24, 2.45) is 5.92 Å². The van der Waals surface area contributed by atoms with Gasteiger partial charge < -0.3 is 15.0 Å². The van der Waals surface area contributed by atoms with Crippen LogP contribution < -0.4 is 10.6 Å². The molecule has 0 saturated heterocycles. The number of nitrogens with zero attached hydrogens (tertiary/aromatic N) is 3. The summed E-state index contributed by atoms with van der Waals surface area (Å²) in [5.74, 6) is 2.55. The Morgan fingerprint density at radius 1 is 1.29 bits per heavy atom. The molecule has 3 rings (SSSR count). The Kier molecular flexibility index (Phi) is 4.27. The number of aromatic nitrogens is 3. The van der Waals surface area contributed by atoms with E-state index in [1.165, 1.54) is 32.1 Å². The standard InChI is InChI=1S/C16H25N5/c1-3-12-7-5-6-8-13(12)19-15-16-18-9-10-21(16)11-14(20-15)17-4-2/h9-13,17H,3-8H2,1-2H3,(H,19,20). The molecule has 1 aliphatic rings. The van der Waals surface area contributed by atoms with Gasteiger partial charge in [-0.2, -0.15) is 0 Å². The van der Waals surface area contributed by atoms with Gasteiger partial charge in [-0.15, -0.1) is 0 Å². The van der Waals surface area contributed by atoms with Gasteiger partial charge >= 0.3 is 0 Å². The van der Waals surface area contributed by atoms with Gasteiger partial charge in [-0.25, -0.2) is 9.97 Å². The molecule has 2 N–H and O–H groups in total. The second-order valence-corrected chi connectivity index (χ2v) is 5.87. The third-order valence-corrected chi connectivity index (χ3v) is 4.49. The SMILES string of the molecule is CCNc1cn2ccnc2c(NC2CCCCC2CC)n1. The number of nitrogens with one attached hydrogen (secondary N) is 2. The molecule has 2 aromatic heterocycles. The van der Waals surface area contributed by atoms with Crippen LogP contribution in [0.15, 0.2) is 18.6 Å². The van der Waals surface area contributed by atoms with Crippen LogP contribution >= 0.6 is 0 Å². The molecule has 0 amide bonds. The van der Waals surface area contributed by atoms with Crippen molar-refractivity contribution in [3.63, 3.8) is 0 Å². The molecule has 0 radical (unpaired) electrons. The minimum absolute atomic E-state index is 0.522. The van der Waals surface area contributed by atoms with Crippen LogP contribution in [0.25, 0.3) is 5.65 Å². The summed E-state index contributed by atoms with van der Waals surface area (Å²) in [6.07, 6.45) is 12.3. The molecular weight excluding hydrogens is 262 g/mol. The van der Waals surface area contributed by atoms with Gasteiger partial charge in [0.25, 0.3) is 0 Å². The highest BCUT2D eigenvalue weighted by Crippen LogP contribution is 2.30. The molecule has 0 aromatic carbocycles. The lowest BCUT2D eigenvalue weighted by atomic mass is 9.83. The maximum atomic E-state index is 4.72. The van der Waals surface area contributed by atoms with Gasteiger partial charge in [0, 0.05) is 25.0 Å². The van der Waals surface area contributed by atoms with E-state index in [-0.39, 0.29) is 0 Å². The van der Waals surface area contributed by atoms with Crippen molar-refractivity contribution in [2.45, 2.75) is 52.0 Å². The van der Waals surface area contributed by atoms with Crippen LogP contribution in [0.2, 0.25) is 0 Å². The lowest BCUT2D eigenvalue weighted by molar-refractivity contribution is 0.317. The maximum Gasteiger partial charge on any atom is 0.180 e. The normalized spacial score (nSPS) is 22.4. The third kappa shape index (κ3) is 2.96. The molecule has 2 atom stereocenters. The van der Waals surface area contributed by atoms with E-state index >= 15 is 0 Å². The summed E-state index contributed by atoms with van der Waals surface area (Å²) in [4.78, 5) is 9.17. The van der Waals surface area contributed by atoms with E-state index in [9.17, 15) is 0 Å². The second-order valence-electron chi connectivity index (χ2n) is 5.87. The molecule has 5 heteroatoms. The first-order chi connectivity index (χ1) is 10.3. The van der Waals surface area contributed by atoms with E-state index < -0.39 is 0 Å². The monoisotopic (exact) mass is 287 g/mol. The van der Waals surface area contributed by atoms with Gasteiger partial charge in [0.1, 0.15) is 5.82 Å². The van der Waals surface area contributed by atoms with E-state index in [1.54, 1.807) is 0 Å². The fraction of sp³-hybridized carbons (Fsp3) is 0.625. The Morgan fingerprint density at radius 2 is 2.14 bits per heavy atom. The van der Waals surface area contributed by atoms with Crippen LogP contribution in [0.1, 0.15) is 46.0 Å². The summed E-state index contributed by atoms with van der Waals surface area (Å²) >= 11 is 0. The van der Waals surface area contributed by atoms with Gasteiger partial charge in [-0.05, 0) is 25.7 Å². The number of imidazole rings is 1. The first-order valence-corrected chi connectivity index (χ1v) is 8.16. The van der Waals surface area contributed by atoms with Crippen LogP contribution in [-0.4, -0.2) is 27.0 Å². The lowest BCUT2D eigenvalue weighted by Crippen LogP contribution is -2.32. The molecule has 0 aliphatic heterocycles. The fourth-order valence-corrected chi connectivity index (χ4v) is 3.36. The summed E-state index contributed by atoms with van der Waals surface area (Å²) in [5, 5.41) is 6.97. The zero-order valence-corrected chi connectivity index (χ0v) is 13.0. The van der Waals surface area contributed by atoms with Crippen molar-refractivity contribution in [3.05, 3.63) is 18.6 Å². The van der Waals surface area contributed by atoms with Gasteiger partial charge in [-0.3, -0.25) is 0 Å². The summed E-state index contributed by atoms with van der Waals surface area (Å²) in [6.45, 7) is 5.24. The van der Waals surface area contributed by atoms with Crippen molar-refractivity contribution in [2.75, 3.05) is 17.2 Å². The average molecular weight is 287 g/mol. The van der Waals surface area contributed by atoms with Gasteiger partial charge in [0.05, 0.1) is 6.20 Å². The lowest BCUT2D eigenvalue weighted by Gasteiger charge is -2.32. The number of rotatable bonds is 5. The van der Waals surface area contributed by atoms with Gasteiger partial charge in [-0.1, -0.05) is 26.2 Å². The Hall–Kier alpha value is -1.78. The zero-order valence-electron chi connectivity index (χ0n) is 13.0. The molecule has 0 bridgehead atoms. The van der Waals surface area contributed by atoms with Gasteiger partial charge in [0.2, 0.25) is 0 Å². The third-order valence-electron chi connectivity index (χ3n) is 4.49. The van der Waals surface area contributed by atoms with E-state index in [0.717, 1.165) is 29.7 Å². The molecule has 2 heterocycles. The van der Waals surface area contributed by atoms with Crippen molar-refractivity contribution >= 4 is 17.3 Å². The van der Waals surface area contributed by atoms with Crippen molar-refractivity contribution in [1.82, 2.24) is 14.4 Å². The fourth-order valence-electron chi connectivity index (χ4n) is 3.36. The number of fused-ring (bicyclic) bond motifs is 1. The largest absolute Gasteiger partial charge is 0.369 e. The Labute approximate surface area is 126 Å². The van der Waals surface area contributed by atoms with Crippen LogP contribution in [0.3, 0.4) is 0 Å². The van der Waals surface area contributed by atoms with E-state index in [1.807, 2.05) is 23.0 Å². The highest BCUT2D eigenvalue weighted by atomic mass is 15.2. The molecular formula is C16H25N5. The molecule has 1 aliphatic carbocycles. The Bertz CT molecular complexity index is 591. The molecule has 1 saturated carbocycles. The number of hydrogen-bond donors (Lipinski definition) is 2. The van der Waals surface area contributed by atoms with Crippen LogP contribution in [0.4, 0.5) is 11.6 Å². The van der Waals surface area contributed by atoms with Crippen molar-refractivity contribution in [1.29, 1.82) is 0 Å². The minimum atomic E-state index is 0.522. The molecule has 5 nitrogen and oxygen atoms in total. The topological polar surface area (TPSA) is 54.2 Å². The molecule has 114 valence electrons. The highest BCUT2D eigenvalue weighted by Gasteiger charge is 2.24. The summed E-state index contributed by atoms with van der Waals surface area (Å²) in [6, 6.07) is 0.522. The number of anilines is 2. The Balaban J connectivity index is 1.89. The van der Waals surface area contributed by atoms with Crippen molar-refractivity contribution < 1.29 is 0 Å². The first kappa shape index (κ1) is 14.2. The smallest absolute Gasteiger partial charge is 0.180 e. The minimum Gasteiger partial charge on any atom is -0.369 e. The van der Waals surface area contributed by atoms with E-state index in [0.29, 0.717) is 6.04 Å². The van der Waals surface area contributed by atoms with Crippen LogP contribution in [0.5, 0.6) is 0 Å². The summed E-state index contributed by atoms with van der Waals surface area (Å²) < 4.78 is 2.04. The Morgan fingerprint density at radius 3 is 2.95 bits per heavy atom. The predicted octanol–water partition coefficient (Wildman–Crippen LogP) is 3.54. The maximum absolute atomic E-state index is 4.72. The average Bonchev–Trinajstić information content (AvgIpc) is 2.97. The number of hydrogen-bond acceptors (Lipinski definition) is 4. The molecule has 0 spiro atoms. The van der Waals surface area contributed by atoms with Gasteiger partial charge in [0.15, 0.2) is 11.5 Å². The predicted molar refractivity (Wildman–Crippen MR) is 86.8 cm³/mol. The summed E-state index contributed by atoms with van der Waals surface area (Å²) in [5.41, 5.74) is 0.914. The first-order valence-electron chi connectivity index (χ1n) is 8.16. The van der Waals surface area contributed by atoms with E-state index in [4.69, 9.17) is 4.98 Å². The van der Waals surface area contributed by atoms with E-state index in [2.05, 4.69) is 29.5 Å². The zero-order chi connectivity index (χ0) is 14.7. The van der Waals surface area contributed by atoms with Crippen molar-refractivity contribution in [3.8, 4) is 0 Å². The molecule has 21 heavy (non-hydrogen) atoms. The van der Waals surface area contributed by atoms with Crippen LogP contribution in [0, 0.1) is 5.92 Å². The highest BCUT2D eigenvalue weighted by molar-refractivity contribution is 5.65. The second kappa shape index (κ2) is 6.33. The molecule has 2 unspecified atom stereocenters. The summed E-state index contributed by atoms with van der Waals surface area (Å²) in [7, 11) is 0. The van der Waals surface area contributed by atoms with Crippen LogP contribution in [-0.2, 0) is 0 Å².